The zero-order chi connectivity index (χ0) is 30.3. The number of fused-ring (bicyclic) bond motifs is 14. The van der Waals surface area contributed by atoms with Gasteiger partial charge in [-0.1, -0.05) is 42.5 Å². The molecule has 1 spiro atoms. The number of quaternary nitrogens is 1. The molecule has 3 aliphatic rings. The van der Waals surface area contributed by atoms with Crippen LogP contribution < -0.4 is 4.57 Å². The maximum absolute atomic E-state index is 6.99. The summed E-state index contributed by atoms with van der Waals surface area (Å²) in [5.74, 6) is 0.648. The molecule has 218 valence electrons. The highest BCUT2D eigenvalue weighted by molar-refractivity contribution is 7.20. The highest BCUT2D eigenvalue weighted by atomic mass is 32.1. The molecule has 6 aromatic rings. The summed E-state index contributed by atoms with van der Waals surface area (Å²) >= 11 is 1.86. The van der Waals surface area contributed by atoms with Gasteiger partial charge in [-0.15, -0.1) is 17.9 Å². The summed E-state index contributed by atoms with van der Waals surface area (Å²) in [5.41, 5.74) is 12.8. The Morgan fingerprint density at radius 3 is 2.50 bits per heavy atom. The van der Waals surface area contributed by atoms with E-state index in [2.05, 4.69) is 132 Å². The SMILES string of the molecule is C=CC1C2C(c3ccccc3-c3ccc(C)c[n+]32)C12Cc1ccc3c(oc4c3ccc3c(C)c(C)sc34)c1/C(=C/C)[N+]2(C)C. The monoisotopic (exact) mass is 594 g/mol. The molecule has 3 aromatic carbocycles. The van der Waals surface area contributed by atoms with Crippen LogP contribution in [0, 0.1) is 26.7 Å². The van der Waals surface area contributed by atoms with Crippen molar-refractivity contribution in [3.63, 3.8) is 0 Å². The van der Waals surface area contributed by atoms with Crippen molar-refractivity contribution in [3.8, 4) is 11.3 Å². The number of likely N-dealkylation sites (N-methyl/N-ethyl adjacent to an activating group) is 1. The summed E-state index contributed by atoms with van der Waals surface area (Å²) in [6.07, 6.45) is 7.96. The first-order valence-electron chi connectivity index (χ1n) is 15.8. The number of benzene rings is 3. The number of furan rings is 1. The van der Waals surface area contributed by atoms with E-state index in [1.54, 1.807) is 0 Å². The van der Waals surface area contributed by atoms with Gasteiger partial charge in [0.2, 0.25) is 5.69 Å². The van der Waals surface area contributed by atoms with E-state index in [0.29, 0.717) is 17.9 Å². The van der Waals surface area contributed by atoms with Crippen LogP contribution in [-0.2, 0) is 6.42 Å². The lowest BCUT2D eigenvalue weighted by Gasteiger charge is -2.66. The highest BCUT2D eigenvalue weighted by Crippen LogP contribution is 2.68. The van der Waals surface area contributed by atoms with Crippen molar-refractivity contribution in [2.24, 2.45) is 5.92 Å². The molecule has 44 heavy (non-hydrogen) atoms. The van der Waals surface area contributed by atoms with Gasteiger partial charge in [-0.25, -0.2) is 0 Å². The van der Waals surface area contributed by atoms with Crippen molar-refractivity contribution in [2.45, 2.75) is 51.6 Å². The molecule has 1 aliphatic carbocycles. The van der Waals surface area contributed by atoms with E-state index >= 15 is 0 Å². The minimum absolute atomic E-state index is 0.0826. The topological polar surface area (TPSA) is 17.0 Å². The van der Waals surface area contributed by atoms with Crippen molar-refractivity contribution in [3.05, 3.63) is 118 Å². The van der Waals surface area contributed by atoms with Crippen LogP contribution in [0.1, 0.15) is 51.6 Å². The molecule has 0 saturated heterocycles. The summed E-state index contributed by atoms with van der Waals surface area (Å²) in [7, 11) is 4.88. The smallest absolute Gasteiger partial charge is 0.213 e. The molecule has 9 rings (SSSR count). The lowest BCUT2D eigenvalue weighted by atomic mass is 9.46. The standard InChI is InChI=1S/C40H38N2OS/c1-8-31-36-35(28-13-11-10-12-27(28)32-19-14-22(3)21-41(32)36)40(31)20-25-15-16-29-30-18-17-26-23(4)24(5)44-39(26)38(30)43-37(29)34(25)33(9-2)42(40,6)7/h8-19,21,31,35-36H,1,20H2,2-7H3/q+2/b33-9-. The Labute approximate surface area is 263 Å². The number of aromatic nitrogens is 1. The third kappa shape index (κ3) is 2.90. The zero-order valence-corrected chi connectivity index (χ0v) is 27.2. The largest absolute Gasteiger partial charge is 0.454 e. The molecular weight excluding hydrogens is 557 g/mol. The van der Waals surface area contributed by atoms with Crippen LogP contribution in [-0.4, -0.2) is 24.1 Å². The molecule has 2 aliphatic heterocycles. The number of rotatable bonds is 1. The normalized spacial score (nSPS) is 25.6. The lowest BCUT2D eigenvalue weighted by Crippen LogP contribution is -2.80. The number of allylic oxidation sites excluding steroid dienone is 1. The van der Waals surface area contributed by atoms with E-state index in [0.717, 1.165) is 22.1 Å². The summed E-state index contributed by atoms with van der Waals surface area (Å²) in [6.45, 7) is 13.4. The fourth-order valence-electron chi connectivity index (χ4n) is 9.71. The van der Waals surface area contributed by atoms with Gasteiger partial charge in [-0.05, 0) is 74.0 Å². The average Bonchev–Trinajstić information content (AvgIpc) is 3.53. The molecule has 1 fully saturated rings. The number of hydrogen-bond donors (Lipinski definition) is 0. The molecule has 4 atom stereocenters. The minimum atomic E-state index is -0.0826. The summed E-state index contributed by atoms with van der Waals surface area (Å²) < 4.78 is 11.6. The number of nitrogens with zero attached hydrogens (tertiary/aromatic N) is 2. The van der Waals surface area contributed by atoms with Gasteiger partial charge < -0.3 is 4.42 Å². The Balaban J connectivity index is 1.31. The van der Waals surface area contributed by atoms with Gasteiger partial charge in [0.25, 0.3) is 0 Å². The fourth-order valence-corrected chi connectivity index (χ4v) is 10.9. The molecule has 3 aromatic heterocycles. The van der Waals surface area contributed by atoms with Gasteiger partial charge in [0.05, 0.1) is 35.8 Å². The van der Waals surface area contributed by atoms with Crippen molar-refractivity contribution in [1.82, 2.24) is 0 Å². The number of hydrogen-bond acceptors (Lipinski definition) is 2. The van der Waals surface area contributed by atoms with Gasteiger partial charge in [0.1, 0.15) is 22.7 Å². The molecule has 1 saturated carbocycles. The van der Waals surface area contributed by atoms with Crippen LogP contribution in [0.3, 0.4) is 0 Å². The molecule has 5 heterocycles. The van der Waals surface area contributed by atoms with Gasteiger partial charge in [0, 0.05) is 33.7 Å². The second kappa shape index (κ2) is 8.59. The first-order valence-corrected chi connectivity index (χ1v) is 16.7. The Hall–Kier alpha value is -3.99. The maximum atomic E-state index is 6.99. The van der Waals surface area contributed by atoms with Crippen LogP contribution in [0.2, 0.25) is 0 Å². The quantitative estimate of drug-likeness (QED) is 0.105. The first kappa shape index (κ1) is 26.4. The lowest BCUT2D eigenvalue weighted by molar-refractivity contribution is -0.914. The predicted molar refractivity (Wildman–Crippen MR) is 183 cm³/mol. The highest BCUT2D eigenvalue weighted by Gasteiger charge is 2.77. The van der Waals surface area contributed by atoms with Crippen molar-refractivity contribution in [2.75, 3.05) is 14.1 Å². The van der Waals surface area contributed by atoms with Gasteiger partial charge in [-0.3, -0.25) is 4.48 Å². The minimum Gasteiger partial charge on any atom is -0.454 e. The fraction of sp³-hybridized carbons (Fsp3) is 0.275. The molecule has 4 unspecified atom stereocenters. The zero-order valence-electron chi connectivity index (χ0n) is 26.4. The van der Waals surface area contributed by atoms with Gasteiger partial charge in [-0.2, -0.15) is 4.57 Å². The number of aryl methyl sites for hydroxylation is 3. The van der Waals surface area contributed by atoms with E-state index in [1.165, 1.54) is 70.5 Å². The van der Waals surface area contributed by atoms with E-state index in [9.17, 15) is 0 Å². The second-order valence-electron chi connectivity index (χ2n) is 13.8. The molecular formula is C40H38N2OS+2. The molecule has 0 amide bonds. The number of pyridine rings is 1. The van der Waals surface area contributed by atoms with E-state index < -0.39 is 0 Å². The van der Waals surface area contributed by atoms with Crippen LogP contribution >= 0.6 is 11.3 Å². The van der Waals surface area contributed by atoms with Crippen molar-refractivity contribution >= 4 is 49.1 Å². The van der Waals surface area contributed by atoms with Crippen LogP contribution in [0.4, 0.5) is 0 Å². The second-order valence-corrected chi connectivity index (χ2v) is 15.0. The summed E-state index contributed by atoms with van der Waals surface area (Å²) in [5, 5.41) is 3.75. The summed E-state index contributed by atoms with van der Waals surface area (Å²) in [6, 6.07) is 23.3. The predicted octanol–water partition coefficient (Wildman–Crippen LogP) is 9.57. The Kier molecular flexibility index (Phi) is 5.16. The third-order valence-corrected chi connectivity index (χ3v) is 13.0. The molecule has 4 heteroatoms. The maximum Gasteiger partial charge on any atom is 0.213 e. The Morgan fingerprint density at radius 2 is 1.70 bits per heavy atom. The van der Waals surface area contributed by atoms with Crippen LogP contribution in [0.5, 0.6) is 0 Å². The molecule has 0 N–H and O–H groups in total. The average molecular weight is 595 g/mol. The molecule has 3 nitrogen and oxygen atoms in total. The van der Waals surface area contributed by atoms with Crippen molar-refractivity contribution in [1.29, 1.82) is 0 Å². The van der Waals surface area contributed by atoms with Crippen molar-refractivity contribution < 1.29 is 13.5 Å². The summed E-state index contributed by atoms with van der Waals surface area (Å²) in [4.78, 5) is 1.36. The molecule has 0 bridgehead atoms. The Bertz CT molecular complexity index is 2280. The number of thiophene rings is 1. The molecule has 0 radical (unpaired) electrons. The van der Waals surface area contributed by atoms with Crippen LogP contribution in [0.15, 0.2) is 90.0 Å². The Morgan fingerprint density at radius 1 is 0.955 bits per heavy atom. The van der Waals surface area contributed by atoms with E-state index in [-0.39, 0.29) is 5.54 Å². The van der Waals surface area contributed by atoms with Gasteiger partial charge in [0.15, 0.2) is 17.8 Å². The van der Waals surface area contributed by atoms with Gasteiger partial charge >= 0.3 is 0 Å². The van der Waals surface area contributed by atoms with E-state index in [1.807, 2.05) is 11.3 Å². The van der Waals surface area contributed by atoms with E-state index in [4.69, 9.17) is 4.42 Å². The third-order valence-electron chi connectivity index (χ3n) is 11.8. The first-order chi connectivity index (χ1) is 21.2. The van der Waals surface area contributed by atoms with Crippen LogP contribution in [0.25, 0.3) is 49.0 Å².